The van der Waals surface area contributed by atoms with Crippen LogP contribution in [0.4, 0.5) is 11.5 Å². The summed E-state index contributed by atoms with van der Waals surface area (Å²) >= 11 is 0. The molecule has 2 aromatic heterocycles. The largest absolute Gasteiger partial charge is 0.345 e. The molecule has 4 rings (SSSR count). The Morgan fingerprint density at radius 1 is 0.923 bits per heavy atom. The lowest BCUT2D eigenvalue weighted by atomic mass is 10.0. The van der Waals surface area contributed by atoms with Crippen LogP contribution in [0.3, 0.4) is 0 Å². The van der Waals surface area contributed by atoms with Crippen molar-refractivity contribution in [1.82, 2.24) is 15.0 Å². The molecule has 0 amide bonds. The number of rotatable bonds is 4. The first kappa shape index (κ1) is 17.4. The number of nitrogens with zero attached hydrogens (tertiary/aromatic N) is 2. The van der Waals surface area contributed by atoms with Gasteiger partial charge in [-0.05, 0) is 12.1 Å². The fraction of sp³-hybridized carbons (Fsp3) is 0.0952. The SMILES string of the molecule is CC.O=C(c1ccccc1)c1c[nH]c2ncnc(Nc3ccccc3)c12. The summed E-state index contributed by atoms with van der Waals surface area (Å²) in [6.45, 7) is 4.00. The standard InChI is InChI=1S/C19H14N4O.C2H6/c24-17(13-7-3-1-4-8-13)15-11-20-18-16(15)19(22-12-21-18)23-14-9-5-2-6-10-14;1-2/h1-12H,(H2,20,21,22,23);1-2H3. The topological polar surface area (TPSA) is 70.7 Å². The third kappa shape index (κ3) is 3.47. The van der Waals surface area contributed by atoms with Gasteiger partial charge in [0.15, 0.2) is 5.78 Å². The highest BCUT2D eigenvalue weighted by molar-refractivity contribution is 6.18. The number of H-pyrrole nitrogens is 1. The molecule has 0 bridgehead atoms. The van der Waals surface area contributed by atoms with Gasteiger partial charge >= 0.3 is 0 Å². The van der Waals surface area contributed by atoms with Crippen LogP contribution >= 0.6 is 0 Å². The van der Waals surface area contributed by atoms with Crippen molar-refractivity contribution in [3.63, 3.8) is 0 Å². The number of carbonyl (C=O) groups excluding carboxylic acids is 1. The van der Waals surface area contributed by atoms with Crippen LogP contribution in [-0.2, 0) is 0 Å². The molecule has 2 N–H and O–H groups in total. The number of aromatic nitrogens is 3. The van der Waals surface area contributed by atoms with Crippen LogP contribution < -0.4 is 5.32 Å². The summed E-state index contributed by atoms with van der Waals surface area (Å²) in [6.07, 6.45) is 3.16. The summed E-state index contributed by atoms with van der Waals surface area (Å²) in [5.41, 5.74) is 2.71. The van der Waals surface area contributed by atoms with Gasteiger partial charge in [-0.3, -0.25) is 4.79 Å². The smallest absolute Gasteiger partial charge is 0.195 e. The molecule has 0 spiro atoms. The number of aromatic amines is 1. The van der Waals surface area contributed by atoms with E-state index in [1.807, 2.05) is 62.4 Å². The lowest BCUT2D eigenvalue weighted by Crippen LogP contribution is -2.02. The second-order valence-electron chi connectivity index (χ2n) is 5.33. The van der Waals surface area contributed by atoms with Crippen molar-refractivity contribution in [3.05, 3.63) is 84.3 Å². The number of carbonyl (C=O) groups is 1. The molecule has 2 heterocycles. The van der Waals surface area contributed by atoms with Crippen molar-refractivity contribution in [2.75, 3.05) is 5.32 Å². The average molecular weight is 344 g/mol. The molecule has 0 saturated heterocycles. The zero-order valence-corrected chi connectivity index (χ0v) is 14.7. The molecule has 5 heteroatoms. The monoisotopic (exact) mass is 344 g/mol. The maximum absolute atomic E-state index is 12.8. The Bertz CT molecular complexity index is 994. The zero-order chi connectivity index (χ0) is 18.4. The Kier molecular flexibility index (Phi) is 5.39. The minimum Gasteiger partial charge on any atom is -0.345 e. The van der Waals surface area contributed by atoms with E-state index in [0.717, 1.165) is 5.69 Å². The minimum absolute atomic E-state index is 0.0623. The van der Waals surface area contributed by atoms with Gasteiger partial charge in [0, 0.05) is 17.4 Å². The Labute approximate surface area is 152 Å². The van der Waals surface area contributed by atoms with Crippen LogP contribution in [0.5, 0.6) is 0 Å². The molecule has 0 saturated carbocycles. The van der Waals surface area contributed by atoms with Crippen molar-refractivity contribution in [3.8, 4) is 0 Å². The molecule has 0 aliphatic rings. The molecule has 0 aliphatic heterocycles. The lowest BCUT2D eigenvalue weighted by Gasteiger charge is -2.07. The van der Waals surface area contributed by atoms with Crippen LogP contribution in [0, 0.1) is 0 Å². The molecule has 4 aromatic rings. The first-order chi connectivity index (χ1) is 12.8. The van der Waals surface area contributed by atoms with Crippen molar-refractivity contribution < 1.29 is 4.79 Å². The summed E-state index contributed by atoms with van der Waals surface area (Å²) in [4.78, 5) is 24.4. The molecular formula is C21H20N4O. The van der Waals surface area contributed by atoms with Crippen molar-refractivity contribution in [2.45, 2.75) is 13.8 Å². The maximum Gasteiger partial charge on any atom is 0.195 e. The minimum atomic E-state index is -0.0623. The van der Waals surface area contributed by atoms with E-state index in [-0.39, 0.29) is 5.78 Å². The molecule has 0 unspecified atom stereocenters. The first-order valence-electron chi connectivity index (χ1n) is 8.57. The van der Waals surface area contributed by atoms with E-state index in [1.165, 1.54) is 6.33 Å². The average Bonchev–Trinajstić information content (AvgIpc) is 3.16. The van der Waals surface area contributed by atoms with Gasteiger partial charge in [0.25, 0.3) is 0 Å². The number of anilines is 2. The summed E-state index contributed by atoms with van der Waals surface area (Å²) < 4.78 is 0. The zero-order valence-electron chi connectivity index (χ0n) is 14.7. The highest BCUT2D eigenvalue weighted by atomic mass is 16.1. The third-order valence-corrected chi connectivity index (χ3v) is 3.79. The van der Waals surface area contributed by atoms with Gasteiger partial charge in [-0.2, -0.15) is 0 Å². The number of ketones is 1. The quantitative estimate of drug-likeness (QED) is 0.513. The summed E-state index contributed by atoms with van der Waals surface area (Å²) in [5.74, 6) is 0.541. The van der Waals surface area contributed by atoms with Gasteiger partial charge in [0.05, 0.1) is 10.9 Å². The predicted molar refractivity (Wildman–Crippen MR) is 105 cm³/mol. The van der Waals surface area contributed by atoms with Crippen LogP contribution in [-0.4, -0.2) is 20.7 Å². The fourth-order valence-electron chi connectivity index (χ4n) is 2.64. The number of hydrogen-bond donors (Lipinski definition) is 2. The van der Waals surface area contributed by atoms with Gasteiger partial charge in [-0.15, -0.1) is 0 Å². The van der Waals surface area contributed by atoms with Gasteiger partial charge < -0.3 is 10.3 Å². The van der Waals surface area contributed by atoms with E-state index in [2.05, 4.69) is 20.3 Å². The van der Waals surface area contributed by atoms with E-state index in [1.54, 1.807) is 18.3 Å². The molecule has 26 heavy (non-hydrogen) atoms. The second kappa shape index (κ2) is 8.07. The number of nitrogens with one attached hydrogen (secondary N) is 2. The number of para-hydroxylation sites is 1. The van der Waals surface area contributed by atoms with Crippen LogP contribution in [0.15, 0.2) is 73.2 Å². The van der Waals surface area contributed by atoms with Gasteiger partial charge in [0.2, 0.25) is 0 Å². The van der Waals surface area contributed by atoms with E-state index >= 15 is 0 Å². The molecule has 0 aliphatic carbocycles. The normalized spacial score (nSPS) is 10.1. The number of fused-ring (bicyclic) bond motifs is 1. The Hall–Kier alpha value is -3.47. The Morgan fingerprint density at radius 3 is 2.27 bits per heavy atom. The molecule has 130 valence electrons. The first-order valence-corrected chi connectivity index (χ1v) is 8.57. The van der Waals surface area contributed by atoms with E-state index in [9.17, 15) is 4.79 Å². The van der Waals surface area contributed by atoms with Crippen molar-refractivity contribution in [2.24, 2.45) is 0 Å². The van der Waals surface area contributed by atoms with Crippen LogP contribution in [0.2, 0.25) is 0 Å². The highest BCUT2D eigenvalue weighted by Crippen LogP contribution is 2.27. The molecular weight excluding hydrogens is 324 g/mol. The van der Waals surface area contributed by atoms with Crippen molar-refractivity contribution in [1.29, 1.82) is 0 Å². The molecule has 2 aromatic carbocycles. The second-order valence-corrected chi connectivity index (χ2v) is 5.33. The van der Waals surface area contributed by atoms with Gasteiger partial charge in [0.1, 0.15) is 17.8 Å². The molecule has 0 radical (unpaired) electrons. The maximum atomic E-state index is 12.8. The molecule has 0 atom stereocenters. The predicted octanol–water partition coefficient (Wildman–Crippen LogP) is 4.96. The lowest BCUT2D eigenvalue weighted by molar-refractivity contribution is 0.104. The van der Waals surface area contributed by atoms with E-state index in [0.29, 0.717) is 28.0 Å². The van der Waals surface area contributed by atoms with Crippen molar-refractivity contribution >= 4 is 28.3 Å². The number of hydrogen-bond acceptors (Lipinski definition) is 4. The summed E-state index contributed by atoms with van der Waals surface area (Å²) in [6, 6.07) is 18.9. The third-order valence-electron chi connectivity index (χ3n) is 3.79. The van der Waals surface area contributed by atoms with Crippen LogP contribution in [0.25, 0.3) is 11.0 Å². The summed E-state index contributed by atoms with van der Waals surface area (Å²) in [5, 5.41) is 3.95. The number of benzene rings is 2. The Balaban J connectivity index is 0.000000948. The molecule has 0 fully saturated rings. The fourth-order valence-corrected chi connectivity index (χ4v) is 2.64. The van der Waals surface area contributed by atoms with E-state index in [4.69, 9.17) is 0 Å². The van der Waals surface area contributed by atoms with E-state index < -0.39 is 0 Å². The molecule has 5 nitrogen and oxygen atoms in total. The highest BCUT2D eigenvalue weighted by Gasteiger charge is 2.18. The summed E-state index contributed by atoms with van der Waals surface area (Å²) in [7, 11) is 0. The van der Waals surface area contributed by atoms with Gasteiger partial charge in [-0.1, -0.05) is 62.4 Å². The van der Waals surface area contributed by atoms with Gasteiger partial charge in [-0.25, -0.2) is 9.97 Å². The van der Waals surface area contributed by atoms with Crippen LogP contribution in [0.1, 0.15) is 29.8 Å². The Morgan fingerprint density at radius 2 is 1.58 bits per heavy atom.